The van der Waals surface area contributed by atoms with Crippen LogP contribution in [0, 0.1) is 11.8 Å². The zero-order chi connectivity index (χ0) is 12.6. The maximum absolute atomic E-state index is 11.7. The van der Waals surface area contributed by atoms with Gasteiger partial charge in [0.05, 0.1) is 0 Å². The number of hydrogen-bond donors (Lipinski definition) is 2. The van der Waals surface area contributed by atoms with Crippen LogP contribution >= 0.6 is 0 Å². The highest BCUT2D eigenvalue weighted by Crippen LogP contribution is 2.25. The first-order valence-corrected chi connectivity index (χ1v) is 7.82. The van der Waals surface area contributed by atoms with Gasteiger partial charge in [-0.05, 0) is 44.2 Å². The van der Waals surface area contributed by atoms with Crippen LogP contribution in [-0.2, 0) is 4.79 Å². The standard InChI is InChI=1S/C15H28N2O/c18-15(7-6-14-8-10-16-12-14)17-11-9-13-4-2-1-3-5-13/h13-14,16H,1-12H2,(H,17,18). The Balaban J connectivity index is 1.48. The first kappa shape index (κ1) is 13.9. The summed E-state index contributed by atoms with van der Waals surface area (Å²) in [7, 11) is 0. The largest absolute Gasteiger partial charge is 0.356 e. The minimum Gasteiger partial charge on any atom is -0.356 e. The number of carbonyl (C=O) groups is 1. The average molecular weight is 252 g/mol. The van der Waals surface area contributed by atoms with E-state index in [1.54, 1.807) is 0 Å². The summed E-state index contributed by atoms with van der Waals surface area (Å²) in [6, 6.07) is 0. The molecule has 18 heavy (non-hydrogen) atoms. The van der Waals surface area contributed by atoms with Crippen LogP contribution in [0.1, 0.15) is 57.8 Å². The van der Waals surface area contributed by atoms with E-state index in [2.05, 4.69) is 10.6 Å². The van der Waals surface area contributed by atoms with Crippen molar-refractivity contribution in [2.45, 2.75) is 57.8 Å². The normalized spacial score (nSPS) is 25.2. The quantitative estimate of drug-likeness (QED) is 0.762. The second-order valence-corrected chi connectivity index (χ2v) is 6.04. The Labute approximate surface area is 111 Å². The summed E-state index contributed by atoms with van der Waals surface area (Å²) in [6.07, 6.45) is 11.2. The molecule has 1 saturated heterocycles. The third-order valence-electron chi connectivity index (χ3n) is 4.54. The summed E-state index contributed by atoms with van der Waals surface area (Å²) in [5.74, 6) is 1.87. The van der Waals surface area contributed by atoms with E-state index in [0.717, 1.165) is 44.3 Å². The molecule has 2 N–H and O–H groups in total. The molecule has 1 saturated carbocycles. The fourth-order valence-electron chi connectivity index (χ4n) is 3.28. The first-order valence-electron chi connectivity index (χ1n) is 7.82. The number of carbonyl (C=O) groups excluding carboxylic acids is 1. The molecule has 1 aliphatic carbocycles. The number of amides is 1. The Morgan fingerprint density at radius 1 is 1.06 bits per heavy atom. The zero-order valence-electron chi connectivity index (χ0n) is 11.5. The second kappa shape index (κ2) is 7.78. The van der Waals surface area contributed by atoms with Crippen molar-refractivity contribution in [3.05, 3.63) is 0 Å². The van der Waals surface area contributed by atoms with Crippen molar-refractivity contribution >= 4 is 5.91 Å². The highest BCUT2D eigenvalue weighted by Gasteiger charge is 2.16. The molecule has 1 heterocycles. The van der Waals surface area contributed by atoms with Crippen LogP contribution in [0.4, 0.5) is 0 Å². The minimum atomic E-state index is 0.262. The summed E-state index contributed by atoms with van der Waals surface area (Å²) in [5, 5.41) is 6.45. The third-order valence-corrected chi connectivity index (χ3v) is 4.54. The van der Waals surface area contributed by atoms with Gasteiger partial charge in [-0.3, -0.25) is 4.79 Å². The molecule has 0 bridgehead atoms. The Morgan fingerprint density at radius 3 is 2.61 bits per heavy atom. The van der Waals surface area contributed by atoms with Crippen molar-refractivity contribution < 1.29 is 4.79 Å². The van der Waals surface area contributed by atoms with Gasteiger partial charge in [-0.1, -0.05) is 32.1 Å². The highest BCUT2D eigenvalue weighted by atomic mass is 16.1. The fourth-order valence-corrected chi connectivity index (χ4v) is 3.28. The molecule has 1 amide bonds. The van der Waals surface area contributed by atoms with Gasteiger partial charge in [0.15, 0.2) is 0 Å². The van der Waals surface area contributed by atoms with Crippen molar-refractivity contribution in [1.29, 1.82) is 0 Å². The smallest absolute Gasteiger partial charge is 0.220 e. The molecule has 0 aromatic rings. The van der Waals surface area contributed by atoms with E-state index in [1.165, 1.54) is 44.9 Å². The van der Waals surface area contributed by atoms with Gasteiger partial charge in [-0.15, -0.1) is 0 Å². The summed E-state index contributed by atoms with van der Waals surface area (Å²) in [5.41, 5.74) is 0. The molecule has 2 rings (SSSR count). The lowest BCUT2D eigenvalue weighted by Crippen LogP contribution is -2.26. The van der Waals surface area contributed by atoms with Crippen molar-refractivity contribution in [3.8, 4) is 0 Å². The zero-order valence-corrected chi connectivity index (χ0v) is 11.5. The van der Waals surface area contributed by atoms with Crippen LogP contribution in [0.3, 0.4) is 0 Å². The summed E-state index contributed by atoms with van der Waals surface area (Å²) in [6.45, 7) is 3.13. The van der Waals surface area contributed by atoms with Crippen LogP contribution in [-0.4, -0.2) is 25.5 Å². The lowest BCUT2D eigenvalue weighted by Gasteiger charge is -2.21. The van der Waals surface area contributed by atoms with Crippen LogP contribution < -0.4 is 10.6 Å². The molecule has 0 aromatic carbocycles. The molecule has 0 spiro atoms. The number of rotatable bonds is 6. The average Bonchev–Trinajstić information content (AvgIpc) is 2.91. The van der Waals surface area contributed by atoms with Crippen LogP contribution in [0.2, 0.25) is 0 Å². The van der Waals surface area contributed by atoms with Gasteiger partial charge >= 0.3 is 0 Å². The van der Waals surface area contributed by atoms with E-state index in [0.29, 0.717) is 0 Å². The predicted molar refractivity (Wildman–Crippen MR) is 74.4 cm³/mol. The van der Waals surface area contributed by atoms with E-state index >= 15 is 0 Å². The van der Waals surface area contributed by atoms with Gasteiger partial charge in [0.25, 0.3) is 0 Å². The van der Waals surface area contributed by atoms with E-state index in [4.69, 9.17) is 0 Å². The van der Waals surface area contributed by atoms with Crippen molar-refractivity contribution in [2.24, 2.45) is 11.8 Å². The van der Waals surface area contributed by atoms with Crippen LogP contribution in [0.5, 0.6) is 0 Å². The number of nitrogens with one attached hydrogen (secondary N) is 2. The monoisotopic (exact) mass is 252 g/mol. The molecule has 0 radical (unpaired) electrons. The Bertz CT molecular complexity index is 243. The molecular weight excluding hydrogens is 224 g/mol. The maximum atomic E-state index is 11.7. The first-order chi connectivity index (χ1) is 8.84. The molecule has 2 aliphatic rings. The van der Waals surface area contributed by atoms with E-state index in [-0.39, 0.29) is 5.91 Å². The highest BCUT2D eigenvalue weighted by molar-refractivity contribution is 5.75. The van der Waals surface area contributed by atoms with E-state index in [1.807, 2.05) is 0 Å². The molecule has 1 aliphatic heterocycles. The second-order valence-electron chi connectivity index (χ2n) is 6.04. The topological polar surface area (TPSA) is 41.1 Å². The lowest BCUT2D eigenvalue weighted by atomic mass is 9.87. The maximum Gasteiger partial charge on any atom is 0.220 e. The third kappa shape index (κ3) is 4.97. The summed E-state index contributed by atoms with van der Waals surface area (Å²) in [4.78, 5) is 11.7. The SMILES string of the molecule is O=C(CCC1CCNC1)NCCC1CCCCC1. The Hall–Kier alpha value is -0.570. The Kier molecular flexibility index (Phi) is 5.98. The van der Waals surface area contributed by atoms with Crippen molar-refractivity contribution in [1.82, 2.24) is 10.6 Å². The molecule has 2 fully saturated rings. The van der Waals surface area contributed by atoms with Crippen LogP contribution in [0.25, 0.3) is 0 Å². The van der Waals surface area contributed by atoms with E-state index < -0.39 is 0 Å². The minimum absolute atomic E-state index is 0.262. The van der Waals surface area contributed by atoms with Gasteiger partial charge in [0.1, 0.15) is 0 Å². The van der Waals surface area contributed by atoms with Gasteiger partial charge < -0.3 is 10.6 Å². The van der Waals surface area contributed by atoms with Crippen LogP contribution in [0.15, 0.2) is 0 Å². The molecule has 3 heteroatoms. The van der Waals surface area contributed by atoms with E-state index in [9.17, 15) is 4.79 Å². The van der Waals surface area contributed by atoms with Gasteiger partial charge in [-0.2, -0.15) is 0 Å². The molecular formula is C15H28N2O. The predicted octanol–water partition coefficient (Wildman–Crippen LogP) is 2.46. The molecule has 104 valence electrons. The van der Waals surface area contributed by atoms with Gasteiger partial charge in [0.2, 0.25) is 5.91 Å². The molecule has 1 unspecified atom stereocenters. The molecule has 3 nitrogen and oxygen atoms in total. The molecule has 1 atom stereocenters. The van der Waals surface area contributed by atoms with Gasteiger partial charge in [-0.25, -0.2) is 0 Å². The molecule has 0 aromatic heterocycles. The Morgan fingerprint density at radius 2 is 1.89 bits per heavy atom. The fraction of sp³-hybridized carbons (Fsp3) is 0.933. The summed E-state index contributed by atoms with van der Waals surface area (Å²) >= 11 is 0. The van der Waals surface area contributed by atoms with Gasteiger partial charge in [0, 0.05) is 13.0 Å². The summed E-state index contributed by atoms with van der Waals surface area (Å²) < 4.78 is 0. The van der Waals surface area contributed by atoms with Crippen molar-refractivity contribution in [3.63, 3.8) is 0 Å². The lowest BCUT2D eigenvalue weighted by molar-refractivity contribution is -0.121. The van der Waals surface area contributed by atoms with Crippen molar-refractivity contribution in [2.75, 3.05) is 19.6 Å². The number of hydrogen-bond acceptors (Lipinski definition) is 2.